The van der Waals surface area contributed by atoms with Crippen LogP contribution >= 0.6 is 11.8 Å². The van der Waals surface area contributed by atoms with Crippen LogP contribution in [-0.4, -0.2) is 22.5 Å². The lowest BCUT2D eigenvalue weighted by Gasteiger charge is -2.12. The lowest BCUT2D eigenvalue weighted by Crippen LogP contribution is -2.16. The minimum atomic E-state index is -0.191. The molecule has 3 aromatic rings. The Morgan fingerprint density at radius 2 is 1.86 bits per heavy atom. The molecule has 0 fully saturated rings. The number of aromatic nitrogens is 2. The first-order valence-corrected chi connectivity index (χ1v) is 10.2. The summed E-state index contributed by atoms with van der Waals surface area (Å²) in [5.74, 6) is 3.51. The normalized spacial score (nSPS) is 14.2. The van der Waals surface area contributed by atoms with Gasteiger partial charge in [0.1, 0.15) is 5.82 Å². The second-order valence-electron chi connectivity index (χ2n) is 7.05. The highest BCUT2D eigenvalue weighted by molar-refractivity contribution is 7.98. The predicted octanol–water partition coefficient (Wildman–Crippen LogP) is 4.22. The van der Waals surface area contributed by atoms with Crippen molar-refractivity contribution in [3.8, 4) is 17.2 Å². The number of hydrogen-bond donors (Lipinski definition) is 1. The van der Waals surface area contributed by atoms with E-state index in [0.29, 0.717) is 17.1 Å². The van der Waals surface area contributed by atoms with Gasteiger partial charge in [-0.25, -0.2) is 4.68 Å². The Hall–Kier alpha value is -2.93. The summed E-state index contributed by atoms with van der Waals surface area (Å²) in [4.78, 5) is 13.0. The number of nitrogens with one attached hydrogen (secondary N) is 1. The maximum Gasteiger partial charge on any atom is 0.256 e. The van der Waals surface area contributed by atoms with Crippen LogP contribution in [0.1, 0.15) is 32.7 Å². The van der Waals surface area contributed by atoms with Crippen LogP contribution < -0.4 is 14.8 Å². The van der Waals surface area contributed by atoms with E-state index in [-0.39, 0.29) is 12.7 Å². The van der Waals surface area contributed by atoms with Gasteiger partial charge >= 0.3 is 0 Å². The molecule has 0 radical (unpaired) electrons. The average Bonchev–Trinajstić information content (AvgIpc) is 3.37. The van der Waals surface area contributed by atoms with Gasteiger partial charge in [0.25, 0.3) is 5.91 Å². The number of thioether (sulfide) groups is 1. The van der Waals surface area contributed by atoms with Gasteiger partial charge in [0.05, 0.1) is 11.4 Å². The van der Waals surface area contributed by atoms with E-state index < -0.39 is 0 Å². The third-order valence-corrected chi connectivity index (χ3v) is 5.84. The fraction of sp³-hybridized carbons (Fsp3) is 0.238. The topological polar surface area (TPSA) is 65.4 Å². The summed E-state index contributed by atoms with van der Waals surface area (Å²) < 4.78 is 12.6. The molecule has 6 nitrogen and oxygen atoms in total. The molecule has 7 heteroatoms. The monoisotopic (exact) mass is 393 g/mol. The third kappa shape index (κ3) is 2.92. The van der Waals surface area contributed by atoms with Gasteiger partial charge in [0.15, 0.2) is 11.5 Å². The van der Waals surface area contributed by atoms with Gasteiger partial charge in [-0.15, -0.1) is 0 Å². The summed E-state index contributed by atoms with van der Waals surface area (Å²) in [5.41, 5.74) is 5.93. The lowest BCUT2D eigenvalue weighted by molar-refractivity contribution is 0.102. The number of carbonyl (C=O) groups is 1. The molecule has 0 saturated carbocycles. The van der Waals surface area contributed by atoms with Gasteiger partial charge < -0.3 is 14.8 Å². The first-order chi connectivity index (χ1) is 13.6. The van der Waals surface area contributed by atoms with Gasteiger partial charge in [0, 0.05) is 22.6 Å². The van der Waals surface area contributed by atoms with Crippen molar-refractivity contribution in [2.75, 3.05) is 12.1 Å². The van der Waals surface area contributed by atoms with Crippen molar-refractivity contribution >= 4 is 23.5 Å². The number of rotatable bonds is 3. The van der Waals surface area contributed by atoms with E-state index in [0.717, 1.165) is 45.4 Å². The fourth-order valence-corrected chi connectivity index (χ4v) is 4.65. The first kappa shape index (κ1) is 17.2. The van der Waals surface area contributed by atoms with E-state index >= 15 is 0 Å². The number of amides is 1. The number of anilines is 1. The Balaban J connectivity index is 1.53. The summed E-state index contributed by atoms with van der Waals surface area (Å²) in [7, 11) is 0. The maximum absolute atomic E-state index is 13.0. The number of aryl methyl sites for hydroxylation is 2. The Morgan fingerprint density at radius 1 is 1.07 bits per heavy atom. The van der Waals surface area contributed by atoms with E-state index in [1.807, 2.05) is 16.4 Å². The Bertz CT molecular complexity index is 1090. The van der Waals surface area contributed by atoms with Crippen molar-refractivity contribution in [3.63, 3.8) is 0 Å². The smallest absolute Gasteiger partial charge is 0.256 e. The van der Waals surface area contributed by atoms with Crippen LogP contribution in [0.5, 0.6) is 11.5 Å². The molecular formula is C21H19N3O3S. The molecule has 2 aliphatic heterocycles. The maximum atomic E-state index is 13.0. The van der Waals surface area contributed by atoms with Crippen LogP contribution in [0, 0.1) is 13.8 Å². The molecule has 0 spiro atoms. The van der Waals surface area contributed by atoms with Crippen LogP contribution in [0.2, 0.25) is 0 Å². The molecule has 2 aromatic carbocycles. The van der Waals surface area contributed by atoms with Crippen molar-refractivity contribution in [2.45, 2.75) is 25.4 Å². The second kappa shape index (κ2) is 6.60. The molecule has 142 valence electrons. The minimum Gasteiger partial charge on any atom is -0.454 e. The highest BCUT2D eigenvalue weighted by Crippen LogP contribution is 2.37. The Kier molecular flexibility index (Phi) is 4.05. The molecular weight excluding hydrogens is 374 g/mol. The average molecular weight is 393 g/mol. The molecule has 1 N–H and O–H groups in total. The van der Waals surface area contributed by atoms with Crippen LogP contribution in [-0.2, 0) is 11.5 Å². The Morgan fingerprint density at radius 3 is 2.68 bits per heavy atom. The van der Waals surface area contributed by atoms with Crippen molar-refractivity contribution in [2.24, 2.45) is 0 Å². The number of nitrogens with zero attached hydrogens (tertiary/aromatic N) is 2. The second-order valence-corrected chi connectivity index (χ2v) is 8.03. The number of carbonyl (C=O) groups excluding carboxylic acids is 1. The van der Waals surface area contributed by atoms with E-state index in [1.165, 1.54) is 0 Å². The Labute approximate surface area is 166 Å². The zero-order chi connectivity index (χ0) is 19.3. The van der Waals surface area contributed by atoms with E-state index in [9.17, 15) is 4.79 Å². The zero-order valence-corrected chi connectivity index (χ0v) is 16.4. The molecule has 0 aliphatic carbocycles. The summed E-state index contributed by atoms with van der Waals surface area (Å²) in [5, 5.41) is 7.87. The SMILES string of the molecule is Cc1cc(C)cc(-n2nc3c(c2NC(=O)c2ccc4c(c2)OCO4)CSC3)c1. The first-order valence-electron chi connectivity index (χ1n) is 9.07. The largest absolute Gasteiger partial charge is 0.454 e. The number of ether oxygens (including phenoxy) is 2. The van der Waals surface area contributed by atoms with Gasteiger partial charge in [-0.1, -0.05) is 6.07 Å². The van der Waals surface area contributed by atoms with Crippen LogP contribution in [0.4, 0.5) is 5.82 Å². The van der Waals surface area contributed by atoms with Gasteiger partial charge in [-0.05, 0) is 55.3 Å². The number of benzene rings is 2. The summed E-state index contributed by atoms with van der Waals surface area (Å²) >= 11 is 1.81. The summed E-state index contributed by atoms with van der Waals surface area (Å²) in [6.45, 7) is 4.31. The number of fused-ring (bicyclic) bond motifs is 2. The molecule has 5 rings (SSSR count). The molecule has 0 atom stereocenters. The molecule has 1 amide bonds. The number of hydrogen-bond acceptors (Lipinski definition) is 5. The summed E-state index contributed by atoms with van der Waals surface area (Å²) in [6, 6.07) is 11.5. The van der Waals surface area contributed by atoms with E-state index in [2.05, 4.69) is 37.4 Å². The van der Waals surface area contributed by atoms with Gasteiger partial charge in [-0.3, -0.25) is 4.79 Å². The minimum absolute atomic E-state index is 0.185. The highest BCUT2D eigenvalue weighted by Gasteiger charge is 2.26. The molecule has 0 unspecified atom stereocenters. The molecule has 3 heterocycles. The van der Waals surface area contributed by atoms with E-state index in [1.54, 1.807) is 18.2 Å². The van der Waals surface area contributed by atoms with Crippen molar-refractivity contribution in [1.29, 1.82) is 0 Å². The van der Waals surface area contributed by atoms with E-state index in [4.69, 9.17) is 14.6 Å². The van der Waals surface area contributed by atoms with Gasteiger partial charge in [0.2, 0.25) is 6.79 Å². The summed E-state index contributed by atoms with van der Waals surface area (Å²) in [6.07, 6.45) is 0. The highest BCUT2D eigenvalue weighted by atomic mass is 32.2. The molecule has 1 aromatic heterocycles. The zero-order valence-electron chi connectivity index (χ0n) is 15.6. The van der Waals surface area contributed by atoms with Crippen LogP contribution in [0.25, 0.3) is 5.69 Å². The standard InChI is InChI=1S/C21H19N3O3S/c1-12-5-13(2)7-15(6-12)24-20(16-9-28-10-17(16)23-24)22-21(25)14-3-4-18-19(8-14)27-11-26-18/h3-8H,9-11H2,1-2H3,(H,22,25). The van der Waals surface area contributed by atoms with Crippen molar-refractivity contribution < 1.29 is 14.3 Å². The molecule has 28 heavy (non-hydrogen) atoms. The van der Waals surface area contributed by atoms with Crippen molar-refractivity contribution in [3.05, 3.63) is 64.3 Å². The lowest BCUT2D eigenvalue weighted by atomic mass is 10.1. The van der Waals surface area contributed by atoms with Crippen LogP contribution in [0.15, 0.2) is 36.4 Å². The fourth-order valence-electron chi connectivity index (χ4n) is 3.62. The molecule has 0 saturated heterocycles. The van der Waals surface area contributed by atoms with Crippen LogP contribution in [0.3, 0.4) is 0 Å². The third-order valence-electron chi connectivity index (χ3n) is 4.87. The molecule has 0 bridgehead atoms. The van der Waals surface area contributed by atoms with Crippen molar-refractivity contribution in [1.82, 2.24) is 9.78 Å². The quantitative estimate of drug-likeness (QED) is 0.722. The molecule has 2 aliphatic rings. The van der Waals surface area contributed by atoms with Gasteiger partial charge in [-0.2, -0.15) is 16.9 Å². The predicted molar refractivity (Wildman–Crippen MR) is 109 cm³/mol.